The lowest BCUT2D eigenvalue weighted by Gasteiger charge is -2.24. The SMILES string of the molecule is COc1ccc([N+](=O)[O-])cc1NC(=O)CN(c1cccc(Br)c1)S(=O)(=O)c1ccc(C)cc1. The average Bonchev–Trinajstić information content (AvgIpc) is 2.77. The van der Waals surface area contributed by atoms with Crippen LogP contribution in [-0.2, 0) is 14.8 Å². The summed E-state index contributed by atoms with van der Waals surface area (Å²) in [5, 5.41) is 13.6. The Balaban J connectivity index is 1.97. The minimum Gasteiger partial charge on any atom is -0.495 e. The molecule has 0 bridgehead atoms. The number of nitrogens with one attached hydrogen (secondary N) is 1. The van der Waals surface area contributed by atoms with E-state index in [4.69, 9.17) is 4.74 Å². The third kappa shape index (κ3) is 5.68. The molecule has 3 rings (SSSR count). The lowest BCUT2D eigenvalue weighted by molar-refractivity contribution is -0.384. The first kappa shape index (κ1) is 24.2. The van der Waals surface area contributed by atoms with Gasteiger partial charge >= 0.3 is 0 Å². The van der Waals surface area contributed by atoms with Crippen LogP contribution in [0, 0.1) is 17.0 Å². The average molecular weight is 534 g/mol. The molecule has 0 aliphatic heterocycles. The van der Waals surface area contributed by atoms with Crippen LogP contribution in [0.3, 0.4) is 0 Å². The number of sulfonamides is 1. The van der Waals surface area contributed by atoms with Gasteiger partial charge in [-0.2, -0.15) is 0 Å². The summed E-state index contributed by atoms with van der Waals surface area (Å²) in [5.74, 6) is -0.506. The van der Waals surface area contributed by atoms with E-state index in [9.17, 15) is 23.3 Å². The third-order valence-corrected chi connectivity index (χ3v) is 6.94. The van der Waals surface area contributed by atoms with Crippen molar-refractivity contribution in [3.63, 3.8) is 0 Å². The molecule has 0 saturated heterocycles. The number of nitro benzene ring substituents is 1. The number of hydrogen-bond donors (Lipinski definition) is 1. The Bertz CT molecular complexity index is 1300. The van der Waals surface area contributed by atoms with Gasteiger partial charge in [-0.25, -0.2) is 8.42 Å². The standard InChI is InChI=1S/C22H20BrN3O6S/c1-15-6-9-19(10-7-15)33(30,31)25(17-5-3-4-16(23)12-17)14-22(27)24-20-13-18(26(28)29)8-11-21(20)32-2/h3-13H,14H2,1-2H3,(H,24,27). The minimum absolute atomic E-state index is 0.0220. The van der Waals surface area contributed by atoms with Crippen LogP contribution in [0.4, 0.5) is 17.1 Å². The van der Waals surface area contributed by atoms with Gasteiger partial charge in [-0.15, -0.1) is 0 Å². The summed E-state index contributed by atoms with van der Waals surface area (Å²) in [6.07, 6.45) is 0. The van der Waals surface area contributed by atoms with Gasteiger partial charge in [-0.3, -0.25) is 19.2 Å². The topological polar surface area (TPSA) is 119 Å². The number of anilines is 2. The van der Waals surface area contributed by atoms with Gasteiger partial charge in [-0.05, 0) is 43.3 Å². The summed E-state index contributed by atoms with van der Waals surface area (Å²) in [4.78, 5) is 23.4. The summed E-state index contributed by atoms with van der Waals surface area (Å²) >= 11 is 3.32. The van der Waals surface area contributed by atoms with E-state index in [2.05, 4.69) is 21.2 Å². The van der Waals surface area contributed by atoms with Crippen molar-refractivity contribution >= 4 is 48.9 Å². The number of carbonyl (C=O) groups is 1. The molecule has 3 aromatic carbocycles. The Labute approximate surface area is 199 Å². The van der Waals surface area contributed by atoms with E-state index in [0.29, 0.717) is 4.47 Å². The molecule has 0 saturated carbocycles. The fourth-order valence-corrected chi connectivity index (χ4v) is 4.81. The molecule has 172 valence electrons. The predicted molar refractivity (Wildman–Crippen MR) is 128 cm³/mol. The Kier molecular flexibility index (Phi) is 7.34. The third-order valence-electron chi connectivity index (χ3n) is 4.66. The van der Waals surface area contributed by atoms with Gasteiger partial charge in [0.25, 0.3) is 15.7 Å². The molecule has 0 fully saturated rings. The summed E-state index contributed by atoms with van der Waals surface area (Å²) in [7, 11) is -2.75. The van der Waals surface area contributed by atoms with Gasteiger partial charge in [0.05, 0.1) is 28.3 Å². The first-order valence-corrected chi connectivity index (χ1v) is 11.8. The highest BCUT2D eigenvalue weighted by atomic mass is 79.9. The second kappa shape index (κ2) is 10.0. The molecule has 1 N–H and O–H groups in total. The number of hydrogen-bond acceptors (Lipinski definition) is 6. The van der Waals surface area contributed by atoms with Crippen molar-refractivity contribution in [2.75, 3.05) is 23.3 Å². The van der Waals surface area contributed by atoms with Gasteiger partial charge in [0, 0.05) is 16.6 Å². The van der Waals surface area contributed by atoms with E-state index in [-0.39, 0.29) is 27.7 Å². The lowest BCUT2D eigenvalue weighted by Crippen LogP contribution is -2.38. The second-order valence-corrected chi connectivity index (χ2v) is 9.77. The summed E-state index contributed by atoms with van der Waals surface area (Å²) in [6, 6.07) is 16.5. The van der Waals surface area contributed by atoms with Crippen LogP contribution in [0.25, 0.3) is 0 Å². The van der Waals surface area contributed by atoms with Crippen LogP contribution in [0.1, 0.15) is 5.56 Å². The zero-order chi connectivity index (χ0) is 24.2. The van der Waals surface area contributed by atoms with Crippen LogP contribution in [0.15, 0.2) is 76.1 Å². The molecule has 0 atom stereocenters. The molecular weight excluding hydrogens is 514 g/mol. The number of nitrogens with zero attached hydrogens (tertiary/aromatic N) is 2. The number of methoxy groups -OCH3 is 1. The predicted octanol–water partition coefficient (Wildman–Crippen LogP) is 4.51. The molecule has 3 aromatic rings. The van der Waals surface area contributed by atoms with Crippen molar-refractivity contribution in [1.82, 2.24) is 0 Å². The van der Waals surface area contributed by atoms with Gasteiger partial charge in [0.15, 0.2) is 0 Å². The number of carbonyl (C=O) groups excluding carboxylic acids is 1. The van der Waals surface area contributed by atoms with Crippen LogP contribution in [0.2, 0.25) is 0 Å². The van der Waals surface area contributed by atoms with Crippen molar-refractivity contribution in [3.05, 3.63) is 86.9 Å². The number of halogens is 1. The number of aryl methyl sites for hydroxylation is 1. The van der Waals surface area contributed by atoms with Crippen LogP contribution in [-0.4, -0.2) is 32.9 Å². The van der Waals surface area contributed by atoms with Crippen LogP contribution < -0.4 is 14.4 Å². The van der Waals surface area contributed by atoms with Crippen molar-refractivity contribution in [2.45, 2.75) is 11.8 Å². The summed E-state index contributed by atoms with van der Waals surface area (Å²) in [5.41, 5.74) is 0.963. The van der Waals surface area contributed by atoms with Gasteiger partial charge < -0.3 is 10.1 Å². The molecule has 9 nitrogen and oxygen atoms in total. The van der Waals surface area contributed by atoms with Gasteiger partial charge in [0.1, 0.15) is 12.3 Å². The highest BCUT2D eigenvalue weighted by Gasteiger charge is 2.28. The van der Waals surface area contributed by atoms with E-state index in [1.807, 2.05) is 6.92 Å². The van der Waals surface area contributed by atoms with E-state index in [1.54, 1.807) is 36.4 Å². The molecule has 11 heteroatoms. The van der Waals surface area contributed by atoms with Crippen molar-refractivity contribution in [1.29, 1.82) is 0 Å². The summed E-state index contributed by atoms with van der Waals surface area (Å²) in [6.45, 7) is 1.26. The van der Waals surface area contributed by atoms with Gasteiger partial charge in [0.2, 0.25) is 5.91 Å². The first-order chi connectivity index (χ1) is 15.6. The molecule has 0 aliphatic rings. The Hall–Kier alpha value is -3.44. The highest BCUT2D eigenvalue weighted by molar-refractivity contribution is 9.10. The molecule has 0 aromatic heterocycles. The minimum atomic E-state index is -4.10. The van der Waals surface area contributed by atoms with E-state index in [0.717, 1.165) is 15.9 Å². The number of nitro groups is 1. The number of amides is 1. The largest absolute Gasteiger partial charge is 0.495 e. The van der Waals surface area contributed by atoms with Crippen molar-refractivity contribution in [3.8, 4) is 5.75 Å². The number of ether oxygens (including phenoxy) is 1. The molecular formula is C22H20BrN3O6S. The normalized spacial score (nSPS) is 11.0. The molecule has 0 spiro atoms. The van der Waals surface area contributed by atoms with E-state index >= 15 is 0 Å². The zero-order valence-corrected chi connectivity index (χ0v) is 20.1. The Morgan fingerprint density at radius 2 is 1.82 bits per heavy atom. The lowest BCUT2D eigenvalue weighted by atomic mass is 10.2. The Morgan fingerprint density at radius 3 is 2.42 bits per heavy atom. The second-order valence-electron chi connectivity index (χ2n) is 6.99. The smallest absolute Gasteiger partial charge is 0.271 e. The quantitative estimate of drug-likeness (QED) is 0.336. The molecule has 0 aliphatic carbocycles. The van der Waals surface area contributed by atoms with Crippen molar-refractivity contribution < 1.29 is 22.9 Å². The molecule has 0 unspecified atom stereocenters. The summed E-state index contributed by atoms with van der Waals surface area (Å²) < 4.78 is 33.6. The molecule has 1 amide bonds. The number of benzene rings is 3. The zero-order valence-electron chi connectivity index (χ0n) is 17.7. The van der Waals surface area contributed by atoms with Crippen molar-refractivity contribution in [2.24, 2.45) is 0 Å². The fraction of sp³-hybridized carbons (Fsp3) is 0.136. The highest BCUT2D eigenvalue weighted by Crippen LogP contribution is 2.30. The first-order valence-electron chi connectivity index (χ1n) is 9.59. The maximum absolute atomic E-state index is 13.4. The van der Waals surface area contributed by atoms with Crippen LogP contribution >= 0.6 is 15.9 Å². The fourth-order valence-electron chi connectivity index (χ4n) is 3.01. The molecule has 0 heterocycles. The van der Waals surface area contributed by atoms with Gasteiger partial charge in [-0.1, -0.05) is 39.7 Å². The van der Waals surface area contributed by atoms with Crippen LogP contribution in [0.5, 0.6) is 5.75 Å². The molecule has 33 heavy (non-hydrogen) atoms. The maximum atomic E-state index is 13.4. The number of non-ortho nitro benzene ring substituents is 1. The maximum Gasteiger partial charge on any atom is 0.271 e. The van der Waals surface area contributed by atoms with E-state index in [1.165, 1.54) is 31.4 Å². The molecule has 0 radical (unpaired) electrons. The monoisotopic (exact) mass is 533 g/mol. The van der Waals surface area contributed by atoms with E-state index < -0.39 is 27.4 Å². The number of rotatable bonds is 8. The Morgan fingerprint density at radius 1 is 1.12 bits per heavy atom.